The summed E-state index contributed by atoms with van der Waals surface area (Å²) in [5.41, 5.74) is 1.94. The quantitative estimate of drug-likeness (QED) is 0.925. The van der Waals surface area contributed by atoms with Crippen LogP contribution < -0.4 is 5.32 Å². The zero-order valence-electron chi connectivity index (χ0n) is 11.3. The lowest BCUT2D eigenvalue weighted by Gasteiger charge is -2.06. The molecule has 5 nitrogen and oxygen atoms in total. The Bertz CT molecular complexity index is 826. The van der Waals surface area contributed by atoms with Gasteiger partial charge in [-0.1, -0.05) is 30.3 Å². The summed E-state index contributed by atoms with van der Waals surface area (Å²) in [6, 6.07) is 12.5. The van der Waals surface area contributed by atoms with Crippen molar-refractivity contribution in [2.24, 2.45) is 4.40 Å². The van der Waals surface area contributed by atoms with Crippen molar-refractivity contribution in [1.29, 1.82) is 0 Å². The number of hydrogen-bond acceptors (Lipinski definition) is 4. The molecule has 106 valence electrons. The maximum absolute atomic E-state index is 12.3. The van der Waals surface area contributed by atoms with Crippen LogP contribution in [0.2, 0.25) is 0 Å². The molecule has 0 saturated heterocycles. The van der Waals surface area contributed by atoms with Crippen LogP contribution in [0.5, 0.6) is 0 Å². The Hall–Kier alpha value is -2.47. The van der Waals surface area contributed by atoms with Crippen LogP contribution in [0.4, 0.5) is 5.69 Å². The molecular formula is C15H13N3O2S. The number of pyridine rings is 1. The molecule has 0 atom stereocenters. The van der Waals surface area contributed by atoms with Gasteiger partial charge in [0.05, 0.1) is 11.9 Å². The summed E-state index contributed by atoms with van der Waals surface area (Å²) in [7, 11) is -3.67. The summed E-state index contributed by atoms with van der Waals surface area (Å²) in [6.07, 6.45) is 3.26. The van der Waals surface area contributed by atoms with E-state index in [4.69, 9.17) is 0 Å². The lowest BCUT2D eigenvalue weighted by Crippen LogP contribution is -2.11. The van der Waals surface area contributed by atoms with Gasteiger partial charge in [0.15, 0.2) is 0 Å². The average Bonchev–Trinajstić information content (AvgIpc) is 2.70. The highest BCUT2D eigenvalue weighted by Gasteiger charge is 2.30. The van der Waals surface area contributed by atoms with E-state index in [1.54, 1.807) is 55.7 Å². The minimum absolute atomic E-state index is 0.245. The minimum Gasteiger partial charge on any atom is -0.338 e. The SMILES string of the molecule is CC1=C(c2ccccc2)S(=O)(=O)N=C1Nc1cccnc1. The maximum Gasteiger partial charge on any atom is 0.285 e. The fourth-order valence-electron chi connectivity index (χ4n) is 2.18. The summed E-state index contributed by atoms with van der Waals surface area (Å²) in [6.45, 7) is 1.75. The van der Waals surface area contributed by atoms with Crippen LogP contribution in [0, 0.1) is 0 Å². The molecule has 0 saturated carbocycles. The van der Waals surface area contributed by atoms with Gasteiger partial charge in [0, 0.05) is 11.8 Å². The first-order chi connectivity index (χ1) is 10.1. The van der Waals surface area contributed by atoms with Gasteiger partial charge in [-0.15, -0.1) is 4.40 Å². The molecule has 2 heterocycles. The van der Waals surface area contributed by atoms with E-state index in [1.807, 2.05) is 6.07 Å². The van der Waals surface area contributed by atoms with Crippen molar-refractivity contribution < 1.29 is 8.42 Å². The average molecular weight is 299 g/mol. The number of rotatable bonds is 2. The second-order valence-electron chi connectivity index (χ2n) is 4.60. The normalized spacial score (nSPS) is 16.7. The molecule has 6 heteroatoms. The van der Waals surface area contributed by atoms with Crippen molar-refractivity contribution in [1.82, 2.24) is 4.98 Å². The van der Waals surface area contributed by atoms with Crippen LogP contribution in [0.3, 0.4) is 0 Å². The van der Waals surface area contributed by atoms with E-state index in [2.05, 4.69) is 14.7 Å². The number of aromatic nitrogens is 1. The molecule has 2 aromatic rings. The third-order valence-corrected chi connectivity index (χ3v) is 4.61. The molecule has 0 unspecified atom stereocenters. The van der Waals surface area contributed by atoms with Gasteiger partial charge < -0.3 is 5.32 Å². The maximum atomic E-state index is 12.3. The van der Waals surface area contributed by atoms with Crippen molar-refractivity contribution >= 4 is 26.5 Å². The van der Waals surface area contributed by atoms with Crippen LogP contribution in [-0.4, -0.2) is 19.2 Å². The number of hydrogen-bond donors (Lipinski definition) is 1. The predicted molar refractivity (Wildman–Crippen MR) is 83.3 cm³/mol. The molecule has 0 fully saturated rings. The highest BCUT2D eigenvalue weighted by molar-refractivity contribution is 8.00. The molecule has 0 spiro atoms. The molecule has 3 rings (SSSR count). The Balaban J connectivity index is 2.03. The number of benzene rings is 1. The van der Waals surface area contributed by atoms with Crippen molar-refractivity contribution in [3.63, 3.8) is 0 Å². The summed E-state index contributed by atoms with van der Waals surface area (Å²) < 4.78 is 28.4. The van der Waals surface area contributed by atoms with Gasteiger partial charge in [-0.05, 0) is 24.6 Å². The van der Waals surface area contributed by atoms with Gasteiger partial charge in [-0.2, -0.15) is 8.42 Å². The summed E-state index contributed by atoms with van der Waals surface area (Å²) in [4.78, 5) is 4.23. The third-order valence-electron chi connectivity index (χ3n) is 3.13. The highest BCUT2D eigenvalue weighted by atomic mass is 32.2. The fraction of sp³-hybridized carbons (Fsp3) is 0.0667. The molecule has 0 aliphatic carbocycles. The van der Waals surface area contributed by atoms with Gasteiger partial charge in [-0.25, -0.2) is 0 Å². The molecule has 1 aliphatic rings. The van der Waals surface area contributed by atoms with Crippen LogP contribution >= 0.6 is 0 Å². The Morgan fingerprint density at radius 1 is 1.05 bits per heavy atom. The summed E-state index contributed by atoms with van der Waals surface area (Å²) in [5.74, 6) is 0.335. The molecule has 21 heavy (non-hydrogen) atoms. The fourth-order valence-corrected chi connectivity index (χ4v) is 3.61. The minimum atomic E-state index is -3.67. The molecule has 1 aromatic heterocycles. The molecule has 1 aliphatic heterocycles. The van der Waals surface area contributed by atoms with E-state index in [-0.39, 0.29) is 4.91 Å². The first-order valence-corrected chi connectivity index (χ1v) is 7.80. The van der Waals surface area contributed by atoms with Gasteiger partial charge in [0.2, 0.25) is 0 Å². The highest BCUT2D eigenvalue weighted by Crippen LogP contribution is 2.32. The van der Waals surface area contributed by atoms with E-state index < -0.39 is 10.0 Å². The Kier molecular flexibility index (Phi) is 3.31. The second kappa shape index (κ2) is 5.14. The molecule has 1 aromatic carbocycles. The van der Waals surface area contributed by atoms with Crippen molar-refractivity contribution in [3.05, 3.63) is 66.0 Å². The second-order valence-corrected chi connectivity index (χ2v) is 6.14. The van der Waals surface area contributed by atoms with Crippen molar-refractivity contribution in [3.8, 4) is 0 Å². The number of nitrogens with one attached hydrogen (secondary N) is 1. The lowest BCUT2D eigenvalue weighted by molar-refractivity contribution is 0.608. The monoisotopic (exact) mass is 299 g/mol. The van der Waals surface area contributed by atoms with Crippen LogP contribution in [-0.2, 0) is 10.0 Å². The number of amidine groups is 1. The van der Waals surface area contributed by atoms with E-state index in [9.17, 15) is 8.42 Å². The lowest BCUT2D eigenvalue weighted by atomic mass is 10.1. The van der Waals surface area contributed by atoms with Gasteiger partial charge >= 0.3 is 0 Å². The largest absolute Gasteiger partial charge is 0.338 e. The molecular weight excluding hydrogens is 286 g/mol. The Morgan fingerprint density at radius 2 is 1.81 bits per heavy atom. The van der Waals surface area contributed by atoms with E-state index in [1.165, 1.54) is 0 Å². The van der Waals surface area contributed by atoms with Crippen molar-refractivity contribution in [2.75, 3.05) is 5.32 Å². The number of nitrogens with zero attached hydrogens (tertiary/aromatic N) is 2. The molecule has 0 bridgehead atoms. The zero-order valence-corrected chi connectivity index (χ0v) is 12.1. The first kappa shape index (κ1) is 13.5. The van der Waals surface area contributed by atoms with Crippen molar-refractivity contribution in [2.45, 2.75) is 6.92 Å². The molecule has 0 radical (unpaired) electrons. The molecule has 0 amide bonds. The third kappa shape index (κ3) is 2.57. The Labute approximate surface area is 123 Å². The number of sulfonamides is 1. The molecule has 1 N–H and O–H groups in total. The van der Waals surface area contributed by atoms with Crippen LogP contribution in [0.15, 0.2) is 64.8 Å². The van der Waals surface area contributed by atoms with Gasteiger partial charge in [0.25, 0.3) is 10.0 Å². The standard InChI is InChI=1S/C15H13N3O2S/c1-11-14(12-6-3-2-4-7-12)21(19,20)18-15(11)17-13-8-5-9-16-10-13/h2-10H,1H3,(H,17,18). The predicted octanol–water partition coefficient (Wildman–Crippen LogP) is 2.67. The topological polar surface area (TPSA) is 71.4 Å². The van der Waals surface area contributed by atoms with E-state index in [0.717, 1.165) is 0 Å². The van der Waals surface area contributed by atoms with Gasteiger partial charge in [0.1, 0.15) is 10.7 Å². The smallest absolute Gasteiger partial charge is 0.285 e. The van der Waals surface area contributed by atoms with E-state index >= 15 is 0 Å². The zero-order chi connectivity index (χ0) is 14.9. The van der Waals surface area contributed by atoms with Gasteiger partial charge in [-0.3, -0.25) is 4.98 Å². The summed E-state index contributed by atoms with van der Waals surface area (Å²) >= 11 is 0. The summed E-state index contributed by atoms with van der Waals surface area (Å²) in [5, 5.41) is 3.00. The first-order valence-electron chi connectivity index (χ1n) is 6.36. The van der Waals surface area contributed by atoms with Crippen LogP contribution in [0.1, 0.15) is 12.5 Å². The van der Waals surface area contributed by atoms with Crippen LogP contribution in [0.25, 0.3) is 4.91 Å². The van der Waals surface area contributed by atoms with E-state index in [0.29, 0.717) is 22.7 Å². The Morgan fingerprint density at radius 3 is 2.48 bits per heavy atom. The number of anilines is 1.